The standard InChI is InChI=1S/C30H31FN4O5/c1-18(24-5-3-2-4-20(24)7-6-19-16-40-17-19)33-30(39)27-13-23(36)15-35(27)28(37)14-32-29(38)26-10-8-21-12-22(31)9-11-25(21)34-26/h2-12,18-19,23,27,36H,13-17H2,1H3,(H,32,38)(H,33,39)/b7-6+/t18-,23+,27-/m0/s1. The lowest BCUT2D eigenvalue weighted by molar-refractivity contribution is -0.138. The third-order valence-electron chi connectivity index (χ3n) is 7.22. The molecule has 0 aliphatic carbocycles. The summed E-state index contributed by atoms with van der Waals surface area (Å²) in [5, 5.41) is 16.3. The predicted molar refractivity (Wildman–Crippen MR) is 147 cm³/mol. The molecule has 3 amide bonds. The zero-order valence-corrected chi connectivity index (χ0v) is 22.0. The molecular formula is C30H31FN4O5. The van der Waals surface area contributed by atoms with Gasteiger partial charge < -0.3 is 25.4 Å². The molecule has 3 atom stereocenters. The third-order valence-corrected chi connectivity index (χ3v) is 7.22. The second-order valence-electron chi connectivity index (χ2n) is 10.2. The molecule has 3 heterocycles. The van der Waals surface area contributed by atoms with Crippen LogP contribution < -0.4 is 10.6 Å². The maximum Gasteiger partial charge on any atom is 0.270 e. The molecule has 10 heteroatoms. The van der Waals surface area contributed by atoms with E-state index in [0.29, 0.717) is 30.0 Å². The molecule has 2 aromatic carbocycles. The van der Waals surface area contributed by atoms with Gasteiger partial charge in [0.1, 0.15) is 17.6 Å². The molecule has 0 bridgehead atoms. The number of ether oxygens (including phenoxy) is 1. The first kappa shape index (κ1) is 27.4. The van der Waals surface area contributed by atoms with Crippen LogP contribution in [-0.2, 0) is 14.3 Å². The number of β-amino-alcohol motifs (C(OH)–C–C–N with tert-alkyl or cyclic N) is 1. The molecule has 9 nitrogen and oxygen atoms in total. The van der Waals surface area contributed by atoms with Crippen molar-refractivity contribution in [1.82, 2.24) is 20.5 Å². The Balaban J connectivity index is 1.20. The topological polar surface area (TPSA) is 121 Å². The highest BCUT2D eigenvalue weighted by molar-refractivity contribution is 5.97. The fourth-order valence-electron chi connectivity index (χ4n) is 4.96. The minimum Gasteiger partial charge on any atom is -0.391 e. The number of amides is 3. The van der Waals surface area contributed by atoms with Gasteiger partial charge in [-0.3, -0.25) is 14.4 Å². The van der Waals surface area contributed by atoms with Crippen LogP contribution >= 0.6 is 0 Å². The monoisotopic (exact) mass is 546 g/mol. The number of rotatable bonds is 8. The van der Waals surface area contributed by atoms with E-state index in [-0.39, 0.29) is 37.2 Å². The first-order valence-corrected chi connectivity index (χ1v) is 13.3. The van der Waals surface area contributed by atoms with E-state index < -0.39 is 29.8 Å². The zero-order valence-electron chi connectivity index (χ0n) is 22.0. The number of hydrogen-bond donors (Lipinski definition) is 3. The first-order valence-electron chi connectivity index (χ1n) is 13.3. The van der Waals surface area contributed by atoms with Gasteiger partial charge in [0.15, 0.2) is 0 Å². The largest absolute Gasteiger partial charge is 0.391 e. The molecule has 3 aromatic rings. The number of pyridine rings is 1. The van der Waals surface area contributed by atoms with E-state index in [1.807, 2.05) is 37.3 Å². The van der Waals surface area contributed by atoms with Crippen LogP contribution in [0.15, 0.2) is 60.7 Å². The highest BCUT2D eigenvalue weighted by Gasteiger charge is 2.39. The van der Waals surface area contributed by atoms with Gasteiger partial charge in [-0.1, -0.05) is 42.5 Å². The second-order valence-corrected chi connectivity index (χ2v) is 10.2. The van der Waals surface area contributed by atoms with Gasteiger partial charge >= 0.3 is 0 Å². The van der Waals surface area contributed by atoms with E-state index in [1.54, 1.807) is 6.07 Å². The summed E-state index contributed by atoms with van der Waals surface area (Å²) in [6.07, 6.45) is 3.38. The molecular weight excluding hydrogens is 515 g/mol. The minimum absolute atomic E-state index is 0.0102. The van der Waals surface area contributed by atoms with Gasteiger partial charge in [0.05, 0.1) is 37.4 Å². The Kier molecular flexibility index (Phi) is 8.18. The Morgan fingerprint density at radius 2 is 1.98 bits per heavy atom. The number of halogens is 1. The van der Waals surface area contributed by atoms with E-state index in [1.165, 1.54) is 29.2 Å². The quantitative estimate of drug-likeness (QED) is 0.400. The van der Waals surface area contributed by atoms with E-state index in [0.717, 1.165) is 11.1 Å². The van der Waals surface area contributed by atoms with Crippen LogP contribution in [0.2, 0.25) is 0 Å². The number of aliphatic hydroxyl groups is 1. The van der Waals surface area contributed by atoms with Crippen molar-refractivity contribution in [3.8, 4) is 0 Å². The smallest absolute Gasteiger partial charge is 0.270 e. The summed E-state index contributed by atoms with van der Waals surface area (Å²) in [5.41, 5.74) is 2.44. The summed E-state index contributed by atoms with van der Waals surface area (Å²) in [5.74, 6) is -1.46. The van der Waals surface area contributed by atoms with Crippen LogP contribution in [0.1, 0.15) is 41.0 Å². The van der Waals surface area contributed by atoms with E-state index in [4.69, 9.17) is 4.74 Å². The normalized spacial score (nSPS) is 19.9. The number of aromatic nitrogens is 1. The number of hydrogen-bond acceptors (Lipinski definition) is 6. The Hall–Kier alpha value is -4.15. The van der Waals surface area contributed by atoms with Crippen molar-refractivity contribution in [1.29, 1.82) is 0 Å². The van der Waals surface area contributed by atoms with Crippen molar-refractivity contribution in [2.45, 2.75) is 31.5 Å². The van der Waals surface area contributed by atoms with Crippen LogP contribution in [0, 0.1) is 11.7 Å². The molecule has 40 heavy (non-hydrogen) atoms. The number of carbonyl (C=O) groups is 3. The number of benzene rings is 2. The van der Waals surface area contributed by atoms with Crippen molar-refractivity contribution in [2.75, 3.05) is 26.3 Å². The van der Waals surface area contributed by atoms with E-state index in [9.17, 15) is 23.9 Å². The summed E-state index contributed by atoms with van der Waals surface area (Å²) in [6, 6.07) is 13.6. The number of aliphatic hydroxyl groups excluding tert-OH is 1. The molecule has 5 rings (SSSR count). The lowest BCUT2D eigenvalue weighted by Gasteiger charge is -2.26. The number of nitrogens with zero attached hydrogens (tertiary/aromatic N) is 2. The molecule has 0 saturated carbocycles. The maximum absolute atomic E-state index is 13.4. The third kappa shape index (κ3) is 6.19. The average molecular weight is 547 g/mol. The van der Waals surface area contributed by atoms with Gasteiger partial charge in [-0.15, -0.1) is 0 Å². The molecule has 0 unspecified atom stereocenters. The predicted octanol–water partition coefficient (Wildman–Crippen LogP) is 2.60. The second kappa shape index (κ2) is 11.9. The Morgan fingerprint density at radius 3 is 2.75 bits per heavy atom. The van der Waals surface area contributed by atoms with Crippen molar-refractivity contribution >= 4 is 34.7 Å². The Morgan fingerprint density at radius 1 is 1.18 bits per heavy atom. The molecule has 1 aromatic heterocycles. The molecule has 2 aliphatic heterocycles. The van der Waals surface area contributed by atoms with Crippen LogP contribution in [-0.4, -0.2) is 71.2 Å². The molecule has 0 radical (unpaired) electrons. The summed E-state index contributed by atoms with van der Waals surface area (Å²) in [6.45, 7) is 2.91. The van der Waals surface area contributed by atoms with Gasteiger partial charge in [-0.25, -0.2) is 9.37 Å². The fourth-order valence-corrected chi connectivity index (χ4v) is 4.96. The van der Waals surface area contributed by atoms with Crippen molar-refractivity contribution in [3.63, 3.8) is 0 Å². The molecule has 208 valence electrons. The fraction of sp³-hybridized carbons (Fsp3) is 0.333. The highest BCUT2D eigenvalue weighted by atomic mass is 19.1. The average Bonchev–Trinajstić information content (AvgIpc) is 3.32. The van der Waals surface area contributed by atoms with Gasteiger partial charge in [-0.05, 0) is 42.3 Å². The lowest BCUT2D eigenvalue weighted by Crippen LogP contribution is -2.49. The summed E-state index contributed by atoms with van der Waals surface area (Å²) in [7, 11) is 0. The minimum atomic E-state index is -0.870. The van der Waals surface area contributed by atoms with Crippen LogP contribution in [0.3, 0.4) is 0 Å². The summed E-state index contributed by atoms with van der Waals surface area (Å²) in [4.78, 5) is 44.5. The Bertz CT molecular complexity index is 1460. The molecule has 2 fully saturated rings. The number of carbonyl (C=O) groups excluding carboxylic acids is 3. The summed E-state index contributed by atoms with van der Waals surface area (Å²) < 4.78 is 18.6. The summed E-state index contributed by atoms with van der Waals surface area (Å²) >= 11 is 0. The molecule has 2 saturated heterocycles. The highest BCUT2D eigenvalue weighted by Crippen LogP contribution is 2.24. The van der Waals surface area contributed by atoms with Crippen LogP contribution in [0.25, 0.3) is 17.0 Å². The SMILES string of the molecule is C[C@H](NC(=O)[C@@H]1C[C@@H](O)CN1C(=O)CNC(=O)c1ccc2cc(F)ccc2n1)c1ccccc1/C=C/C1COC1. The number of fused-ring (bicyclic) bond motifs is 1. The zero-order chi connectivity index (χ0) is 28.2. The van der Waals surface area contributed by atoms with Crippen LogP contribution in [0.4, 0.5) is 4.39 Å². The molecule has 0 spiro atoms. The van der Waals surface area contributed by atoms with Crippen molar-refractivity contribution in [2.24, 2.45) is 5.92 Å². The van der Waals surface area contributed by atoms with Gasteiger partial charge in [0, 0.05) is 24.3 Å². The Labute approximate surface area is 231 Å². The molecule has 3 N–H and O–H groups in total. The lowest BCUT2D eigenvalue weighted by atomic mass is 9.98. The van der Waals surface area contributed by atoms with Crippen molar-refractivity contribution in [3.05, 3.63) is 83.3 Å². The van der Waals surface area contributed by atoms with Gasteiger partial charge in [0.25, 0.3) is 5.91 Å². The van der Waals surface area contributed by atoms with E-state index in [2.05, 4.69) is 21.7 Å². The molecule has 2 aliphatic rings. The van der Waals surface area contributed by atoms with E-state index >= 15 is 0 Å². The number of likely N-dealkylation sites (tertiary alicyclic amines) is 1. The van der Waals surface area contributed by atoms with Gasteiger partial charge in [-0.2, -0.15) is 0 Å². The first-order chi connectivity index (χ1) is 19.3. The van der Waals surface area contributed by atoms with Crippen LogP contribution in [0.5, 0.6) is 0 Å². The maximum atomic E-state index is 13.4. The van der Waals surface area contributed by atoms with Gasteiger partial charge in [0.2, 0.25) is 11.8 Å². The van der Waals surface area contributed by atoms with Crippen molar-refractivity contribution < 1.29 is 28.6 Å². The number of nitrogens with one attached hydrogen (secondary N) is 2.